The fourth-order valence-corrected chi connectivity index (χ4v) is 1.47. The number of hydrogen-bond acceptors (Lipinski definition) is 3. The highest BCUT2D eigenvalue weighted by Gasteiger charge is 2.08. The van der Waals surface area contributed by atoms with Gasteiger partial charge in [-0.25, -0.2) is 8.78 Å². The van der Waals surface area contributed by atoms with Gasteiger partial charge in [0.2, 0.25) is 0 Å². The Kier molecular flexibility index (Phi) is 2.24. The van der Waals surface area contributed by atoms with E-state index < -0.39 is 11.6 Å². The highest BCUT2D eigenvalue weighted by atomic mass is 19.2. The number of hydrazine groups is 1. The van der Waals surface area contributed by atoms with E-state index in [1.165, 1.54) is 0 Å². The predicted molar refractivity (Wildman–Crippen MR) is 54.2 cm³/mol. The number of rotatable bonds is 1. The number of halogens is 2. The molecule has 2 rings (SSSR count). The Morgan fingerprint density at radius 2 is 1.87 bits per heavy atom. The molecule has 0 radical (unpaired) electrons. The number of aromatic nitrogens is 1. The number of nitrogens with zero attached hydrogens (tertiary/aromatic N) is 1. The van der Waals surface area contributed by atoms with Gasteiger partial charge in [-0.2, -0.15) is 0 Å². The molecule has 1 heterocycles. The van der Waals surface area contributed by atoms with Gasteiger partial charge < -0.3 is 5.43 Å². The maximum absolute atomic E-state index is 13.0. The topological polar surface area (TPSA) is 50.9 Å². The summed E-state index contributed by atoms with van der Waals surface area (Å²) < 4.78 is 25.9. The first-order valence-corrected chi connectivity index (χ1v) is 4.35. The maximum atomic E-state index is 13.0. The second-order valence-corrected chi connectivity index (χ2v) is 3.24. The molecule has 1 aromatic carbocycles. The lowest BCUT2D eigenvalue weighted by atomic mass is 10.1. The highest BCUT2D eigenvalue weighted by Crippen LogP contribution is 2.24. The Morgan fingerprint density at radius 3 is 2.53 bits per heavy atom. The SMILES string of the molecule is Cc1cc(NN)c2cc(F)c(F)cc2n1. The van der Waals surface area contributed by atoms with Crippen molar-refractivity contribution >= 4 is 16.6 Å². The van der Waals surface area contributed by atoms with Gasteiger partial charge in [-0.05, 0) is 19.1 Å². The van der Waals surface area contributed by atoms with Crippen LogP contribution >= 0.6 is 0 Å². The van der Waals surface area contributed by atoms with E-state index in [2.05, 4.69) is 10.4 Å². The standard InChI is InChI=1S/C10H9F2N3/c1-5-2-10(15-13)6-3-7(11)8(12)4-9(6)14-5/h2-4H,13H2,1H3,(H,14,15). The van der Waals surface area contributed by atoms with Crippen molar-refractivity contribution < 1.29 is 8.78 Å². The van der Waals surface area contributed by atoms with Crippen LogP contribution in [0.4, 0.5) is 14.5 Å². The number of nitrogen functional groups attached to an aromatic ring is 1. The van der Waals surface area contributed by atoms with Gasteiger partial charge in [0.15, 0.2) is 11.6 Å². The summed E-state index contributed by atoms with van der Waals surface area (Å²) in [5.74, 6) is 3.45. The van der Waals surface area contributed by atoms with E-state index >= 15 is 0 Å². The first-order chi connectivity index (χ1) is 7.11. The van der Waals surface area contributed by atoms with Crippen LogP contribution in [0.15, 0.2) is 18.2 Å². The summed E-state index contributed by atoms with van der Waals surface area (Å²) in [5, 5.41) is 0.460. The lowest BCUT2D eigenvalue weighted by Gasteiger charge is -2.07. The van der Waals surface area contributed by atoms with Crippen molar-refractivity contribution in [2.75, 3.05) is 5.43 Å². The van der Waals surface area contributed by atoms with Crippen LogP contribution in [0, 0.1) is 18.6 Å². The third kappa shape index (κ3) is 1.61. The molecule has 0 aliphatic rings. The molecular weight excluding hydrogens is 200 g/mol. The Balaban J connectivity index is 2.84. The number of benzene rings is 1. The Labute approximate surface area is 84.9 Å². The molecule has 15 heavy (non-hydrogen) atoms. The minimum absolute atomic E-state index is 0.377. The molecule has 0 unspecified atom stereocenters. The van der Waals surface area contributed by atoms with Crippen LogP contribution in [0.25, 0.3) is 10.9 Å². The van der Waals surface area contributed by atoms with Crippen molar-refractivity contribution in [1.29, 1.82) is 0 Å². The monoisotopic (exact) mass is 209 g/mol. The molecule has 0 atom stereocenters. The first kappa shape index (κ1) is 9.79. The largest absolute Gasteiger partial charge is 0.323 e. The third-order valence-corrected chi connectivity index (χ3v) is 2.13. The minimum atomic E-state index is -0.913. The van der Waals surface area contributed by atoms with Crippen LogP contribution in [0.5, 0.6) is 0 Å². The van der Waals surface area contributed by atoms with Crippen LogP contribution in [0.3, 0.4) is 0 Å². The number of pyridine rings is 1. The van der Waals surface area contributed by atoms with E-state index in [1.807, 2.05) is 0 Å². The van der Waals surface area contributed by atoms with Gasteiger partial charge in [0, 0.05) is 17.1 Å². The normalized spacial score (nSPS) is 10.7. The average molecular weight is 209 g/mol. The molecule has 0 amide bonds. The number of nitrogens with one attached hydrogen (secondary N) is 1. The van der Waals surface area contributed by atoms with Gasteiger partial charge in [0.25, 0.3) is 0 Å². The zero-order chi connectivity index (χ0) is 11.0. The Hall–Kier alpha value is -1.75. The van der Waals surface area contributed by atoms with Crippen molar-refractivity contribution in [3.63, 3.8) is 0 Å². The molecule has 3 N–H and O–H groups in total. The summed E-state index contributed by atoms with van der Waals surface area (Å²) in [6.07, 6.45) is 0. The molecule has 0 aliphatic carbocycles. The summed E-state index contributed by atoms with van der Waals surface area (Å²) in [5.41, 5.74) is 4.01. The van der Waals surface area contributed by atoms with E-state index in [4.69, 9.17) is 5.84 Å². The number of nitrogens with two attached hydrogens (primary N) is 1. The van der Waals surface area contributed by atoms with Gasteiger partial charge >= 0.3 is 0 Å². The van der Waals surface area contributed by atoms with E-state index in [0.29, 0.717) is 22.3 Å². The summed E-state index contributed by atoms with van der Waals surface area (Å²) in [6.45, 7) is 1.75. The summed E-state index contributed by atoms with van der Waals surface area (Å²) >= 11 is 0. The van der Waals surface area contributed by atoms with Crippen molar-refractivity contribution in [3.05, 3.63) is 35.5 Å². The average Bonchev–Trinajstić information content (AvgIpc) is 2.19. The lowest BCUT2D eigenvalue weighted by molar-refractivity contribution is 0.510. The van der Waals surface area contributed by atoms with Gasteiger partial charge in [0.05, 0.1) is 11.2 Å². The minimum Gasteiger partial charge on any atom is -0.323 e. The van der Waals surface area contributed by atoms with Gasteiger partial charge in [-0.3, -0.25) is 10.8 Å². The summed E-state index contributed by atoms with van der Waals surface area (Å²) in [6, 6.07) is 3.80. The molecule has 78 valence electrons. The van der Waals surface area contributed by atoms with Crippen LogP contribution in [0.2, 0.25) is 0 Å². The first-order valence-electron chi connectivity index (χ1n) is 4.35. The Bertz CT molecular complexity index is 526. The quantitative estimate of drug-likeness (QED) is 0.558. The molecule has 0 spiro atoms. The molecule has 2 aromatic rings. The molecular formula is C10H9F2N3. The fourth-order valence-electron chi connectivity index (χ4n) is 1.47. The number of anilines is 1. The Morgan fingerprint density at radius 1 is 1.20 bits per heavy atom. The number of hydrogen-bond donors (Lipinski definition) is 2. The van der Waals surface area contributed by atoms with Crippen LogP contribution in [-0.4, -0.2) is 4.98 Å². The molecule has 0 bridgehead atoms. The highest BCUT2D eigenvalue weighted by molar-refractivity contribution is 5.91. The maximum Gasteiger partial charge on any atom is 0.161 e. The predicted octanol–water partition coefficient (Wildman–Crippen LogP) is 2.11. The van der Waals surface area contributed by atoms with Gasteiger partial charge in [-0.15, -0.1) is 0 Å². The van der Waals surface area contributed by atoms with Crippen molar-refractivity contribution in [1.82, 2.24) is 4.98 Å². The molecule has 0 fully saturated rings. The molecule has 0 saturated heterocycles. The van der Waals surface area contributed by atoms with E-state index in [1.54, 1.807) is 13.0 Å². The fraction of sp³-hybridized carbons (Fsp3) is 0.100. The summed E-state index contributed by atoms with van der Waals surface area (Å²) in [4.78, 5) is 4.08. The van der Waals surface area contributed by atoms with Crippen LogP contribution in [-0.2, 0) is 0 Å². The van der Waals surface area contributed by atoms with Crippen molar-refractivity contribution in [2.45, 2.75) is 6.92 Å². The van der Waals surface area contributed by atoms with Crippen molar-refractivity contribution in [2.24, 2.45) is 5.84 Å². The molecule has 1 aromatic heterocycles. The van der Waals surface area contributed by atoms with E-state index in [0.717, 1.165) is 12.1 Å². The molecule has 0 aliphatic heterocycles. The molecule has 3 nitrogen and oxygen atoms in total. The molecule has 0 saturated carbocycles. The van der Waals surface area contributed by atoms with Crippen LogP contribution in [0.1, 0.15) is 5.69 Å². The van der Waals surface area contributed by atoms with Gasteiger partial charge in [-0.1, -0.05) is 0 Å². The van der Waals surface area contributed by atoms with Crippen molar-refractivity contribution in [3.8, 4) is 0 Å². The zero-order valence-electron chi connectivity index (χ0n) is 8.01. The zero-order valence-corrected chi connectivity index (χ0v) is 8.01. The van der Waals surface area contributed by atoms with Crippen LogP contribution < -0.4 is 11.3 Å². The molecule has 5 heteroatoms. The number of aryl methyl sites for hydroxylation is 1. The second-order valence-electron chi connectivity index (χ2n) is 3.24. The van der Waals surface area contributed by atoms with E-state index in [-0.39, 0.29) is 0 Å². The van der Waals surface area contributed by atoms with Gasteiger partial charge in [0.1, 0.15) is 0 Å². The summed E-state index contributed by atoms with van der Waals surface area (Å²) in [7, 11) is 0. The second kappa shape index (κ2) is 3.43. The smallest absolute Gasteiger partial charge is 0.161 e. The third-order valence-electron chi connectivity index (χ3n) is 2.13. The number of fused-ring (bicyclic) bond motifs is 1. The lowest BCUT2D eigenvalue weighted by Crippen LogP contribution is -2.08. The van der Waals surface area contributed by atoms with E-state index in [9.17, 15) is 8.78 Å².